The van der Waals surface area contributed by atoms with E-state index in [9.17, 15) is 14.7 Å². The molecule has 1 fully saturated rings. The van der Waals surface area contributed by atoms with Crippen LogP contribution in [0.15, 0.2) is 53.5 Å². The number of hydrogen-bond acceptors (Lipinski definition) is 6. The van der Waals surface area contributed by atoms with E-state index in [4.69, 9.17) is 0 Å². The van der Waals surface area contributed by atoms with Crippen molar-refractivity contribution in [3.8, 4) is 5.75 Å². The molecule has 0 spiro atoms. The maximum absolute atomic E-state index is 12.7. The number of phenolic OH excluding ortho intramolecular Hbond substituents is 1. The van der Waals surface area contributed by atoms with E-state index in [0.29, 0.717) is 28.2 Å². The molecule has 1 aromatic rings. The first kappa shape index (κ1) is 29.3. The van der Waals surface area contributed by atoms with E-state index >= 15 is 0 Å². The van der Waals surface area contributed by atoms with Gasteiger partial charge in [-0.2, -0.15) is 11.8 Å². The lowest BCUT2D eigenvalue weighted by molar-refractivity contribution is -0.130. The number of nitrogens with zero attached hydrogens (tertiary/aromatic N) is 2. The number of aromatic hydroxyl groups is 1. The smallest absolute Gasteiger partial charge is 0.232 e. The number of carbonyl (C=O) groups excluding carboxylic acids is 2. The number of Topliss-reactive ketones (excluding diaryl/α,β-unsaturated/α-hetero) is 1. The quantitative estimate of drug-likeness (QED) is 0.232. The molecule has 2 rings (SSSR count). The Bertz CT molecular complexity index is 927. The zero-order valence-corrected chi connectivity index (χ0v) is 23.4. The van der Waals surface area contributed by atoms with Gasteiger partial charge < -0.3 is 10.0 Å². The van der Waals surface area contributed by atoms with Crippen LogP contribution in [0.5, 0.6) is 5.75 Å². The maximum atomic E-state index is 12.7. The van der Waals surface area contributed by atoms with Crippen molar-refractivity contribution in [3.63, 3.8) is 0 Å². The Morgan fingerprint density at radius 3 is 2.34 bits per heavy atom. The van der Waals surface area contributed by atoms with Crippen LogP contribution in [-0.4, -0.2) is 76.1 Å². The Hall–Kier alpha value is -1.96. The Morgan fingerprint density at radius 1 is 1.14 bits per heavy atom. The van der Waals surface area contributed by atoms with Crippen LogP contribution in [0.1, 0.15) is 31.9 Å². The molecule has 1 heterocycles. The molecule has 0 saturated carbocycles. The number of thioether (sulfide) groups is 2. The topological polar surface area (TPSA) is 60.9 Å². The van der Waals surface area contributed by atoms with Gasteiger partial charge in [0, 0.05) is 48.4 Å². The first-order valence-electron chi connectivity index (χ1n) is 12.2. The standard InChI is InChI=1S/C28H40N2O3S2/c1-7-9-25(23(5)31)10-8-11-29-12-14-30(15-13-29)27(32)19-34-18-22(4)24(6)35-26-16-20(2)28(33)21(3)17-26/h7-10,16-17,22,24,33H,1,11-15,18-19H2,2-6H3/b10-8-,25-9+/t22-,24?/m0/s1. The lowest BCUT2D eigenvalue weighted by atomic mass is 10.1. The number of phenols is 1. The number of allylic oxidation sites excluding steroid dienone is 4. The number of carbonyl (C=O) groups is 2. The second-order valence-corrected chi connectivity index (χ2v) is 11.7. The minimum Gasteiger partial charge on any atom is -0.507 e. The van der Waals surface area contributed by atoms with Gasteiger partial charge in [0.05, 0.1) is 5.75 Å². The average Bonchev–Trinajstić information content (AvgIpc) is 2.82. The molecule has 1 N–H and O–H groups in total. The van der Waals surface area contributed by atoms with E-state index in [1.54, 1.807) is 30.8 Å². The van der Waals surface area contributed by atoms with Crippen molar-refractivity contribution in [3.05, 3.63) is 59.7 Å². The zero-order chi connectivity index (χ0) is 26.0. The molecule has 0 aromatic heterocycles. The summed E-state index contributed by atoms with van der Waals surface area (Å²) in [6.45, 7) is 17.5. The average molecular weight is 517 g/mol. The minimum atomic E-state index is 0.0296. The predicted octanol–water partition coefficient (Wildman–Crippen LogP) is 5.26. The predicted molar refractivity (Wildman–Crippen MR) is 151 cm³/mol. The Kier molecular flexibility index (Phi) is 12.2. The summed E-state index contributed by atoms with van der Waals surface area (Å²) in [6, 6.07) is 4.09. The van der Waals surface area contributed by atoms with E-state index in [0.717, 1.165) is 49.6 Å². The second-order valence-electron chi connectivity index (χ2n) is 9.22. The van der Waals surface area contributed by atoms with Crippen LogP contribution in [0.3, 0.4) is 0 Å². The van der Waals surface area contributed by atoms with Crippen molar-refractivity contribution >= 4 is 35.2 Å². The van der Waals surface area contributed by atoms with Crippen LogP contribution >= 0.6 is 23.5 Å². The molecule has 1 aliphatic rings. The highest BCUT2D eigenvalue weighted by molar-refractivity contribution is 8.00. The molecule has 2 atom stereocenters. The number of hydrogen-bond donors (Lipinski definition) is 1. The van der Waals surface area contributed by atoms with Crippen LogP contribution in [0, 0.1) is 19.8 Å². The van der Waals surface area contributed by atoms with Crippen LogP contribution in [0.2, 0.25) is 0 Å². The summed E-state index contributed by atoms with van der Waals surface area (Å²) in [5.74, 6) is 2.55. The summed E-state index contributed by atoms with van der Waals surface area (Å²) in [7, 11) is 0. The third kappa shape index (κ3) is 9.54. The molecular formula is C28H40N2O3S2. The molecule has 7 heteroatoms. The fourth-order valence-corrected chi connectivity index (χ4v) is 6.30. The fraction of sp³-hybridized carbons (Fsp3) is 0.500. The largest absolute Gasteiger partial charge is 0.507 e. The van der Waals surface area contributed by atoms with Gasteiger partial charge in [-0.1, -0.05) is 44.7 Å². The normalized spacial score (nSPS) is 16.9. The van der Waals surface area contributed by atoms with E-state index in [-0.39, 0.29) is 11.7 Å². The molecule has 1 aliphatic heterocycles. The highest BCUT2D eigenvalue weighted by atomic mass is 32.2. The monoisotopic (exact) mass is 516 g/mol. The Labute approximate surface area is 219 Å². The van der Waals surface area contributed by atoms with Crippen molar-refractivity contribution in [2.24, 2.45) is 5.92 Å². The van der Waals surface area contributed by atoms with Crippen LogP contribution in [-0.2, 0) is 9.59 Å². The summed E-state index contributed by atoms with van der Waals surface area (Å²) < 4.78 is 0. The second kappa shape index (κ2) is 14.6. The lowest BCUT2D eigenvalue weighted by Crippen LogP contribution is -2.49. The maximum Gasteiger partial charge on any atom is 0.232 e. The van der Waals surface area contributed by atoms with Gasteiger partial charge in [-0.15, -0.1) is 11.8 Å². The summed E-state index contributed by atoms with van der Waals surface area (Å²) in [5.41, 5.74) is 2.48. The highest BCUT2D eigenvalue weighted by Crippen LogP contribution is 2.34. The van der Waals surface area contributed by atoms with E-state index in [1.807, 2.05) is 54.8 Å². The van der Waals surface area contributed by atoms with Gasteiger partial charge in [0.25, 0.3) is 0 Å². The molecule has 35 heavy (non-hydrogen) atoms. The fourth-order valence-electron chi connectivity index (χ4n) is 3.80. The number of ketones is 1. The molecule has 1 unspecified atom stereocenters. The molecule has 0 radical (unpaired) electrons. The van der Waals surface area contributed by atoms with E-state index in [1.165, 1.54) is 4.90 Å². The van der Waals surface area contributed by atoms with Crippen molar-refractivity contribution < 1.29 is 14.7 Å². The number of amides is 1. The summed E-state index contributed by atoms with van der Waals surface area (Å²) in [6.07, 6.45) is 7.21. The van der Waals surface area contributed by atoms with Crippen molar-refractivity contribution in [2.45, 2.75) is 44.8 Å². The number of rotatable bonds is 12. The highest BCUT2D eigenvalue weighted by Gasteiger charge is 2.21. The van der Waals surface area contributed by atoms with Crippen molar-refractivity contribution in [1.82, 2.24) is 9.80 Å². The Morgan fingerprint density at radius 2 is 1.77 bits per heavy atom. The first-order chi connectivity index (χ1) is 16.6. The van der Waals surface area contributed by atoms with Gasteiger partial charge in [0.1, 0.15) is 5.75 Å². The van der Waals surface area contributed by atoms with Gasteiger partial charge >= 0.3 is 0 Å². The number of aryl methyl sites for hydroxylation is 2. The number of benzene rings is 1. The third-order valence-electron chi connectivity index (χ3n) is 6.28. The SMILES string of the molecule is C=C/C=C(\C=C/CN1CCN(C(=O)CSC[C@H](C)C(C)Sc2cc(C)c(O)c(C)c2)CC1)C(C)=O. The molecule has 5 nitrogen and oxygen atoms in total. The van der Waals surface area contributed by atoms with Gasteiger partial charge in [0.15, 0.2) is 5.78 Å². The van der Waals surface area contributed by atoms with Crippen molar-refractivity contribution in [1.29, 1.82) is 0 Å². The molecule has 1 amide bonds. The number of piperazine rings is 1. The van der Waals surface area contributed by atoms with Gasteiger partial charge in [-0.25, -0.2) is 0 Å². The van der Waals surface area contributed by atoms with Crippen LogP contribution in [0.25, 0.3) is 0 Å². The van der Waals surface area contributed by atoms with Gasteiger partial charge in [-0.3, -0.25) is 14.5 Å². The minimum absolute atomic E-state index is 0.0296. The van der Waals surface area contributed by atoms with E-state index in [2.05, 4.69) is 25.3 Å². The molecule has 0 bridgehead atoms. The molecular weight excluding hydrogens is 476 g/mol. The van der Waals surface area contributed by atoms with Gasteiger partial charge in [-0.05, 0) is 55.7 Å². The molecule has 1 saturated heterocycles. The summed E-state index contributed by atoms with van der Waals surface area (Å²) in [5, 5.41) is 10.4. The third-order valence-corrected chi connectivity index (χ3v) is 8.84. The summed E-state index contributed by atoms with van der Waals surface area (Å²) in [4.78, 5) is 29.7. The molecule has 1 aromatic carbocycles. The Balaban J connectivity index is 1.70. The summed E-state index contributed by atoms with van der Waals surface area (Å²) >= 11 is 3.55. The first-order valence-corrected chi connectivity index (χ1v) is 14.2. The van der Waals surface area contributed by atoms with Crippen molar-refractivity contribution in [2.75, 3.05) is 44.2 Å². The van der Waals surface area contributed by atoms with Crippen LogP contribution < -0.4 is 0 Å². The zero-order valence-electron chi connectivity index (χ0n) is 21.8. The van der Waals surface area contributed by atoms with Crippen LogP contribution in [0.4, 0.5) is 0 Å². The van der Waals surface area contributed by atoms with Gasteiger partial charge in [0.2, 0.25) is 5.91 Å². The molecule has 192 valence electrons. The molecule has 0 aliphatic carbocycles. The van der Waals surface area contributed by atoms with E-state index < -0.39 is 0 Å². The lowest BCUT2D eigenvalue weighted by Gasteiger charge is -2.34.